The van der Waals surface area contributed by atoms with Gasteiger partial charge in [0.2, 0.25) is 0 Å². The number of rotatable bonds is 9. The molecule has 0 aliphatic rings. The molecule has 3 aromatic carbocycles. The first-order valence-electron chi connectivity index (χ1n) is 11.9. The van der Waals surface area contributed by atoms with E-state index in [2.05, 4.69) is 107 Å². The summed E-state index contributed by atoms with van der Waals surface area (Å²) in [5.41, 5.74) is 5.06. The summed E-state index contributed by atoms with van der Waals surface area (Å²) < 4.78 is 13.9. The van der Waals surface area contributed by atoms with E-state index in [1.54, 1.807) is 30.6 Å². The van der Waals surface area contributed by atoms with E-state index in [0.29, 0.717) is 20.3 Å². The molecule has 1 aromatic heterocycles. The first kappa shape index (κ1) is 27.4. The summed E-state index contributed by atoms with van der Waals surface area (Å²) in [6.07, 6.45) is -0.0728. The lowest BCUT2D eigenvalue weighted by Gasteiger charge is -2.24. The molecule has 37 heavy (non-hydrogen) atoms. The van der Waals surface area contributed by atoms with Crippen LogP contribution in [0.15, 0.2) is 75.0 Å². The summed E-state index contributed by atoms with van der Waals surface area (Å²) in [4.78, 5) is 12.4. The van der Waals surface area contributed by atoms with Gasteiger partial charge in [-0.3, -0.25) is 4.79 Å². The van der Waals surface area contributed by atoms with Gasteiger partial charge in [0, 0.05) is 21.9 Å². The molecule has 4 aromatic rings. The van der Waals surface area contributed by atoms with E-state index in [9.17, 15) is 9.90 Å². The second-order valence-corrected chi connectivity index (χ2v) is 11.9. The van der Waals surface area contributed by atoms with E-state index in [1.165, 1.54) is 16.0 Å². The van der Waals surface area contributed by atoms with E-state index in [4.69, 9.17) is 9.47 Å². The second-order valence-electron chi connectivity index (χ2n) is 9.21. The Morgan fingerprint density at radius 3 is 2.24 bits per heavy atom. The van der Waals surface area contributed by atoms with Crippen LogP contribution in [0.3, 0.4) is 0 Å². The molecule has 7 heteroatoms. The Labute approximate surface area is 238 Å². The third kappa shape index (κ3) is 6.28. The minimum Gasteiger partial charge on any atom is -0.496 e. The molecule has 4 rings (SSSR count). The Hall–Kier alpha value is -2.61. The summed E-state index contributed by atoms with van der Waals surface area (Å²) in [7, 11) is 1.70. The lowest BCUT2D eigenvalue weighted by molar-refractivity contribution is -0.136. The topological polar surface area (TPSA) is 55.8 Å². The van der Waals surface area contributed by atoms with E-state index >= 15 is 0 Å². The highest BCUT2D eigenvalue weighted by Crippen LogP contribution is 2.47. The lowest BCUT2D eigenvalue weighted by Crippen LogP contribution is -2.07. The maximum atomic E-state index is 11.2. The standard InChI is InChI=1S/C30H28Br2O4S/c1-17(2)21-15-26(36-30-23(31)12-19(13-24(30)32)14-28(33)34)22(16-25(21)35-4)29(27-9-6-10-37-27)20-8-5-7-18(3)11-20/h5-13,15-17,29H,14H2,1-4H3,(H,33,34). The highest BCUT2D eigenvalue weighted by Gasteiger charge is 2.26. The minimum atomic E-state index is -0.886. The summed E-state index contributed by atoms with van der Waals surface area (Å²) in [6, 6.07) is 20.5. The Kier molecular flexibility index (Phi) is 8.78. The third-order valence-electron chi connectivity index (χ3n) is 6.12. The van der Waals surface area contributed by atoms with Crippen LogP contribution in [0.1, 0.15) is 58.4 Å². The van der Waals surface area contributed by atoms with E-state index in [0.717, 1.165) is 22.6 Å². The minimum absolute atomic E-state index is 0.0613. The van der Waals surface area contributed by atoms with Crippen molar-refractivity contribution >= 4 is 49.2 Å². The van der Waals surface area contributed by atoms with Crippen LogP contribution >= 0.6 is 43.2 Å². The highest BCUT2D eigenvalue weighted by molar-refractivity contribution is 9.11. The number of ether oxygens (including phenoxy) is 2. The fourth-order valence-corrected chi connectivity index (χ4v) is 6.75. The maximum absolute atomic E-state index is 11.2. The van der Waals surface area contributed by atoms with Gasteiger partial charge in [-0.1, -0.05) is 49.7 Å². The van der Waals surface area contributed by atoms with Crippen molar-refractivity contribution in [3.05, 3.63) is 108 Å². The Morgan fingerprint density at radius 2 is 1.68 bits per heavy atom. The predicted molar refractivity (Wildman–Crippen MR) is 157 cm³/mol. The van der Waals surface area contributed by atoms with E-state index in [1.807, 2.05) is 0 Å². The van der Waals surface area contributed by atoms with Crippen molar-refractivity contribution in [3.63, 3.8) is 0 Å². The number of carboxylic acid groups (broad SMARTS) is 1. The molecule has 0 saturated carbocycles. The number of aryl methyl sites for hydroxylation is 1. The lowest BCUT2D eigenvalue weighted by atomic mass is 9.86. The average Bonchev–Trinajstić information content (AvgIpc) is 3.36. The molecule has 1 atom stereocenters. The smallest absolute Gasteiger partial charge is 0.307 e. The number of halogens is 2. The molecule has 0 bridgehead atoms. The summed E-state index contributed by atoms with van der Waals surface area (Å²) in [5, 5.41) is 11.3. The molecule has 0 radical (unpaired) electrons. The maximum Gasteiger partial charge on any atom is 0.307 e. The molecule has 192 valence electrons. The summed E-state index contributed by atoms with van der Waals surface area (Å²) >= 11 is 8.92. The molecular weight excluding hydrogens is 616 g/mol. The van der Waals surface area contributed by atoms with Gasteiger partial charge in [-0.15, -0.1) is 11.3 Å². The van der Waals surface area contributed by atoms with Crippen LogP contribution in [0.4, 0.5) is 0 Å². The van der Waals surface area contributed by atoms with Gasteiger partial charge in [0.05, 0.1) is 22.5 Å². The van der Waals surface area contributed by atoms with Crippen LogP contribution in [0.2, 0.25) is 0 Å². The number of thiophene rings is 1. The molecule has 0 aliphatic carbocycles. The number of aliphatic carboxylic acids is 1. The Balaban J connectivity index is 1.93. The SMILES string of the molecule is COc1cc(C(c2cccc(C)c2)c2cccs2)c(Oc2c(Br)cc(CC(=O)O)cc2Br)cc1C(C)C. The average molecular weight is 644 g/mol. The highest BCUT2D eigenvalue weighted by atomic mass is 79.9. The van der Waals surface area contributed by atoms with Crippen LogP contribution in [0.5, 0.6) is 17.2 Å². The molecule has 1 heterocycles. The van der Waals surface area contributed by atoms with Crippen molar-refractivity contribution in [1.82, 2.24) is 0 Å². The zero-order chi connectivity index (χ0) is 26.7. The van der Waals surface area contributed by atoms with Crippen LogP contribution in [0, 0.1) is 6.92 Å². The molecule has 0 aliphatic heterocycles. The molecule has 0 fully saturated rings. The third-order valence-corrected chi connectivity index (χ3v) is 8.24. The van der Waals surface area contributed by atoms with Gasteiger partial charge < -0.3 is 14.6 Å². The monoisotopic (exact) mass is 642 g/mol. The number of methoxy groups -OCH3 is 1. The first-order valence-corrected chi connectivity index (χ1v) is 14.3. The fourth-order valence-electron chi connectivity index (χ4n) is 4.43. The quantitative estimate of drug-likeness (QED) is 0.197. The molecule has 0 amide bonds. The zero-order valence-electron chi connectivity index (χ0n) is 21.0. The van der Waals surface area contributed by atoms with Gasteiger partial charge in [0.1, 0.15) is 11.5 Å². The van der Waals surface area contributed by atoms with Crippen molar-refractivity contribution in [2.75, 3.05) is 7.11 Å². The summed E-state index contributed by atoms with van der Waals surface area (Å²) in [5.74, 6) is 1.40. The first-order chi connectivity index (χ1) is 17.7. The number of carboxylic acids is 1. The van der Waals surface area contributed by atoms with Crippen LogP contribution in [-0.4, -0.2) is 18.2 Å². The molecule has 1 N–H and O–H groups in total. The van der Waals surface area contributed by atoms with Crippen molar-refractivity contribution in [2.24, 2.45) is 0 Å². The van der Waals surface area contributed by atoms with Crippen molar-refractivity contribution in [1.29, 1.82) is 0 Å². The van der Waals surface area contributed by atoms with Gasteiger partial charge >= 0.3 is 5.97 Å². The Bertz CT molecular complexity index is 1390. The number of carbonyl (C=O) groups is 1. The molecule has 0 spiro atoms. The van der Waals surface area contributed by atoms with Gasteiger partial charge in [-0.2, -0.15) is 0 Å². The molecule has 1 unspecified atom stereocenters. The van der Waals surface area contributed by atoms with Crippen molar-refractivity contribution in [3.8, 4) is 17.2 Å². The number of hydrogen-bond acceptors (Lipinski definition) is 4. The van der Waals surface area contributed by atoms with Gasteiger partial charge in [0.15, 0.2) is 5.75 Å². The normalized spacial score (nSPS) is 12.0. The molecular formula is C30H28Br2O4S. The predicted octanol–water partition coefficient (Wildman–Crippen LogP) is 9.31. The zero-order valence-corrected chi connectivity index (χ0v) is 25.0. The van der Waals surface area contributed by atoms with Gasteiger partial charge in [0.25, 0.3) is 0 Å². The van der Waals surface area contributed by atoms with Gasteiger partial charge in [-0.25, -0.2) is 0 Å². The van der Waals surface area contributed by atoms with Gasteiger partial charge in [-0.05, 0) is 91.5 Å². The fraction of sp³-hybridized carbons (Fsp3) is 0.233. The van der Waals surface area contributed by atoms with E-state index in [-0.39, 0.29) is 18.3 Å². The largest absolute Gasteiger partial charge is 0.496 e. The van der Waals surface area contributed by atoms with Crippen LogP contribution in [0.25, 0.3) is 0 Å². The number of benzene rings is 3. The summed E-state index contributed by atoms with van der Waals surface area (Å²) in [6.45, 7) is 6.36. The second kappa shape index (κ2) is 11.8. The van der Waals surface area contributed by atoms with Crippen LogP contribution in [-0.2, 0) is 11.2 Å². The number of hydrogen-bond donors (Lipinski definition) is 1. The van der Waals surface area contributed by atoms with E-state index < -0.39 is 5.97 Å². The molecule has 4 nitrogen and oxygen atoms in total. The van der Waals surface area contributed by atoms with Crippen molar-refractivity contribution < 1.29 is 19.4 Å². The van der Waals surface area contributed by atoms with Crippen LogP contribution < -0.4 is 9.47 Å². The van der Waals surface area contributed by atoms with Crippen molar-refractivity contribution in [2.45, 2.75) is 39.0 Å². The Morgan fingerprint density at radius 1 is 0.973 bits per heavy atom. The molecule has 0 saturated heterocycles.